The lowest BCUT2D eigenvalue weighted by Crippen LogP contribution is -2.42. The van der Waals surface area contributed by atoms with Gasteiger partial charge in [-0.3, -0.25) is 0 Å². The zero-order valence-corrected chi connectivity index (χ0v) is 11.6. The van der Waals surface area contributed by atoms with Crippen LogP contribution in [-0.2, 0) is 0 Å². The Kier molecular flexibility index (Phi) is 3.32. The largest absolute Gasteiger partial charge is 0.356 e. The minimum Gasteiger partial charge on any atom is -0.356 e. The van der Waals surface area contributed by atoms with E-state index >= 15 is 0 Å². The summed E-state index contributed by atoms with van der Waals surface area (Å²) < 4.78 is 0.883. The third-order valence-corrected chi connectivity index (χ3v) is 4.67. The molecule has 1 aliphatic heterocycles. The second-order valence-electron chi connectivity index (χ2n) is 5.24. The number of anilines is 1. The van der Waals surface area contributed by atoms with Gasteiger partial charge in [-0.05, 0) is 40.6 Å². The number of fused-ring (bicyclic) bond motifs is 1. The van der Waals surface area contributed by atoms with Crippen molar-refractivity contribution in [2.75, 3.05) is 18.0 Å². The quantitative estimate of drug-likeness (QED) is 0.745. The van der Waals surface area contributed by atoms with E-state index in [1.54, 1.807) is 6.33 Å². The van der Waals surface area contributed by atoms with E-state index in [1.807, 2.05) is 6.07 Å². The smallest absolute Gasteiger partial charge is 0.133 e. The number of rotatable bonds is 1. The Hall–Kier alpha value is -0.640. The highest BCUT2D eigenvalue weighted by molar-refractivity contribution is 9.10. The monoisotopic (exact) mass is 295 g/mol. The third kappa shape index (κ3) is 2.46. The van der Waals surface area contributed by atoms with Crippen LogP contribution in [0.5, 0.6) is 0 Å². The summed E-state index contributed by atoms with van der Waals surface area (Å²) in [7, 11) is 0. The third-order valence-electron chi connectivity index (χ3n) is 4.23. The van der Waals surface area contributed by atoms with Crippen molar-refractivity contribution in [2.45, 2.75) is 32.1 Å². The Morgan fingerprint density at radius 3 is 2.76 bits per heavy atom. The van der Waals surface area contributed by atoms with Crippen LogP contribution in [0.1, 0.15) is 32.1 Å². The van der Waals surface area contributed by atoms with Gasteiger partial charge in [0, 0.05) is 19.2 Å². The zero-order chi connectivity index (χ0) is 11.7. The Balaban J connectivity index is 1.73. The van der Waals surface area contributed by atoms with Crippen molar-refractivity contribution in [2.24, 2.45) is 11.8 Å². The molecule has 2 heterocycles. The molecule has 0 aromatic carbocycles. The van der Waals surface area contributed by atoms with Crippen molar-refractivity contribution in [1.82, 2.24) is 9.97 Å². The number of halogens is 1. The maximum atomic E-state index is 4.39. The lowest BCUT2D eigenvalue weighted by atomic mass is 9.75. The highest BCUT2D eigenvalue weighted by atomic mass is 79.9. The first-order valence-electron chi connectivity index (χ1n) is 6.55. The molecule has 3 nitrogen and oxygen atoms in total. The van der Waals surface area contributed by atoms with Crippen LogP contribution in [0.2, 0.25) is 0 Å². The molecule has 0 bridgehead atoms. The van der Waals surface area contributed by atoms with Gasteiger partial charge in [0.15, 0.2) is 0 Å². The summed E-state index contributed by atoms with van der Waals surface area (Å²) >= 11 is 3.42. The van der Waals surface area contributed by atoms with Crippen molar-refractivity contribution in [1.29, 1.82) is 0 Å². The van der Waals surface area contributed by atoms with E-state index in [-0.39, 0.29) is 0 Å². The van der Waals surface area contributed by atoms with Crippen molar-refractivity contribution in [3.8, 4) is 0 Å². The molecule has 0 radical (unpaired) electrons. The molecule has 1 saturated heterocycles. The van der Waals surface area contributed by atoms with Crippen LogP contribution in [0.15, 0.2) is 17.0 Å². The summed E-state index contributed by atoms with van der Waals surface area (Å²) in [4.78, 5) is 10.9. The van der Waals surface area contributed by atoms with Gasteiger partial charge in [-0.25, -0.2) is 9.97 Å². The minimum absolute atomic E-state index is 0.883. The molecular formula is C13H18BrN3. The van der Waals surface area contributed by atoms with Crippen molar-refractivity contribution >= 4 is 21.7 Å². The number of aromatic nitrogens is 2. The molecule has 0 amide bonds. The fraction of sp³-hybridized carbons (Fsp3) is 0.692. The molecule has 2 aliphatic rings. The average Bonchev–Trinajstić information content (AvgIpc) is 2.38. The van der Waals surface area contributed by atoms with Gasteiger partial charge in [0.25, 0.3) is 0 Å². The molecule has 0 N–H and O–H groups in total. The molecule has 4 heteroatoms. The highest BCUT2D eigenvalue weighted by Crippen LogP contribution is 2.37. The summed E-state index contributed by atoms with van der Waals surface area (Å²) in [6.45, 7) is 2.35. The predicted octanol–water partition coefficient (Wildman–Crippen LogP) is 3.26. The number of hydrogen-bond acceptors (Lipinski definition) is 3. The molecule has 2 unspecified atom stereocenters. The molecule has 17 heavy (non-hydrogen) atoms. The van der Waals surface area contributed by atoms with E-state index in [1.165, 1.54) is 38.6 Å². The Bertz CT molecular complexity index is 396. The first-order chi connectivity index (χ1) is 8.33. The summed E-state index contributed by atoms with van der Waals surface area (Å²) in [5.74, 6) is 2.95. The van der Waals surface area contributed by atoms with Crippen LogP contribution in [0.4, 0.5) is 5.82 Å². The van der Waals surface area contributed by atoms with E-state index in [0.717, 1.165) is 28.8 Å². The summed E-state index contributed by atoms with van der Waals surface area (Å²) in [5.41, 5.74) is 0. The predicted molar refractivity (Wildman–Crippen MR) is 72.0 cm³/mol. The summed E-state index contributed by atoms with van der Waals surface area (Å²) in [6.07, 6.45) is 8.71. The molecule has 2 atom stereocenters. The highest BCUT2D eigenvalue weighted by Gasteiger charge is 2.31. The fourth-order valence-electron chi connectivity index (χ4n) is 3.31. The number of nitrogens with zero attached hydrogens (tertiary/aromatic N) is 3. The van der Waals surface area contributed by atoms with E-state index < -0.39 is 0 Å². The van der Waals surface area contributed by atoms with Crippen LogP contribution >= 0.6 is 15.9 Å². The zero-order valence-electron chi connectivity index (χ0n) is 9.98. The van der Waals surface area contributed by atoms with Crippen molar-refractivity contribution < 1.29 is 0 Å². The maximum absolute atomic E-state index is 4.39. The number of hydrogen-bond donors (Lipinski definition) is 0. The average molecular weight is 296 g/mol. The maximum Gasteiger partial charge on any atom is 0.133 e. The lowest BCUT2D eigenvalue weighted by Gasteiger charge is -2.41. The van der Waals surface area contributed by atoms with Gasteiger partial charge in [-0.15, -0.1) is 0 Å². The standard InChI is InChI=1S/C13H18BrN3/c14-12-7-13(16-9-15-12)17-6-5-10-3-1-2-4-11(10)8-17/h7,9-11H,1-6,8H2. The van der Waals surface area contributed by atoms with Crippen LogP contribution in [-0.4, -0.2) is 23.1 Å². The van der Waals surface area contributed by atoms with Gasteiger partial charge in [0.2, 0.25) is 0 Å². The summed E-state index contributed by atoms with van der Waals surface area (Å²) in [6, 6.07) is 2.03. The van der Waals surface area contributed by atoms with Gasteiger partial charge in [-0.1, -0.05) is 19.3 Å². The van der Waals surface area contributed by atoms with Gasteiger partial charge >= 0.3 is 0 Å². The minimum atomic E-state index is 0.883. The van der Waals surface area contributed by atoms with E-state index in [0.29, 0.717) is 0 Å². The first kappa shape index (κ1) is 11.5. The van der Waals surface area contributed by atoms with Gasteiger partial charge < -0.3 is 4.90 Å². The molecule has 1 aromatic rings. The number of piperidine rings is 1. The van der Waals surface area contributed by atoms with E-state index in [2.05, 4.69) is 30.8 Å². The van der Waals surface area contributed by atoms with E-state index in [9.17, 15) is 0 Å². The van der Waals surface area contributed by atoms with Crippen LogP contribution in [0.25, 0.3) is 0 Å². The lowest BCUT2D eigenvalue weighted by molar-refractivity contribution is 0.202. The van der Waals surface area contributed by atoms with Crippen molar-refractivity contribution in [3.63, 3.8) is 0 Å². The molecule has 1 saturated carbocycles. The van der Waals surface area contributed by atoms with Crippen LogP contribution in [0, 0.1) is 11.8 Å². The fourth-order valence-corrected chi connectivity index (χ4v) is 3.60. The molecule has 2 fully saturated rings. The van der Waals surface area contributed by atoms with Gasteiger partial charge in [-0.2, -0.15) is 0 Å². The molecule has 3 rings (SSSR count). The second-order valence-corrected chi connectivity index (χ2v) is 6.05. The topological polar surface area (TPSA) is 29.0 Å². The first-order valence-corrected chi connectivity index (χ1v) is 7.35. The Morgan fingerprint density at radius 1 is 1.12 bits per heavy atom. The normalized spacial score (nSPS) is 28.9. The Labute approximate surface area is 111 Å². The molecule has 92 valence electrons. The summed E-state index contributed by atoms with van der Waals surface area (Å²) in [5, 5.41) is 0. The van der Waals surface area contributed by atoms with E-state index in [4.69, 9.17) is 0 Å². The molecular weight excluding hydrogens is 278 g/mol. The molecule has 1 aliphatic carbocycles. The SMILES string of the molecule is Brc1cc(N2CCC3CCCCC3C2)ncn1. The Morgan fingerprint density at radius 2 is 1.94 bits per heavy atom. The van der Waals surface area contributed by atoms with Crippen LogP contribution < -0.4 is 4.90 Å². The molecule has 1 aromatic heterocycles. The van der Waals surface area contributed by atoms with Crippen molar-refractivity contribution in [3.05, 3.63) is 17.0 Å². The van der Waals surface area contributed by atoms with Gasteiger partial charge in [0.1, 0.15) is 16.7 Å². The second kappa shape index (κ2) is 4.92. The van der Waals surface area contributed by atoms with Crippen LogP contribution in [0.3, 0.4) is 0 Å². The van der Waals surface area contributed by atoms with Gasteiger partial charge in [0.05, 0.1) is 0 Å². The molecule has 0 spiro atoms.